The van der Waals surface area contributed by atoms with Crippen molar-refractivity contribution in [2.45, 2.75) is 148 Å². The highest BCUT2D eigenvalue weighted by Crippen LogP contribution is 2.16. The van der Waals surface area contributed by atoms with E-state index in [1.54, 1.807) is 0 Å². The predicted molar refractivity (Wildman–Crippen MR) is 127 cm³/mol. The number of alkyl halides is 1. The average molecular weight is 431 g/mol. The van der Waals surface area contributed by atoms with Crippen LogP contribution in [0.5, 0.6) is 0 Å². The van der Waals surface area contributed by atoms with Crippen LogP contribution in [-0.2, 0) is 7.58 Å². The van der Waals surface area contributed by atoms with E-state index in [0.717, 1.165) is 24.7 Å². The van der Waals surface area contributed by atoms with Gasteiger partial charge in [-0.1, -0.05) is 110 Å². The molecule has 0 spiro atoms. The van der Waals surface area contributed by atoms with Crippen molar-refractivity contribution in [1.29, 1.82) is 0 Å². The van der Waals surface area contributed by atoms with Crippen LogP contribution in [0.4, 0.5) is 4.39 Å². The van der Waals surface area contributed by atoms with Crippen LogP contribution >= 0.6 is 0 Å². The lowest BCUT2D eigenvalue weighted by Gasteiger charge is -2.19. The maximum atomic E-state index is 12.1. The Morgan fingerprint density at radius 3 is 1.66 bits per heavy atom. The summed E-state index contributed by atoms with van der Waals surface area (Å²) in [4.78, 5) is 0. The molecule has 0 fully saturated rings. The molecular formula is C25H52AlFO2. The Bertz CT molecular complexity index is 305. The number of unbranched alkanes of at least 4 members (excludes halogenated alkanes) is 15. The number of halogens is 1. The Balaban J connectivity index is 3.55. The third kappa shape index (κ3) is 22.9. The minimum Gasteiger partial charge on any atom is -0.479 e. The smallest absolute Gasteiger partial charge is 0.479 e. The van der Waals surface area contributed by atoms with E-state index in [9.17, 15) is 4.39 Å². The van der Waals surface area contributed by atoms with Gasteiger partial charge >= 0.3 is 14.8 Å². The molecule has 0 heterocycles. The molecule has 0 aliphatic heterocycles. The Labute approximate surface area is 187 Å². The van der Waals surface area contributed by atoms with Crippen LogP contribution < -0.4 is 0 Å². The van der Waals surface area contributed by atoms with Gasteiger partial charge in [-0.2, -0.15) is 0 Å². The summed E-state index contributed by atoms with van der Waals surface area (Å²) in [6.45, 7) is 7.20. The Morgan fingerprint density at radius 2 is 1.14 bits per heavy atom. The van der Waals surface area contributed by atoms with Crippen LogP contribution in [0, 0.1) is 0 Å². The molecule has 4 heteroatoms. The van der Waals surface area contributed by atoms with Crippen molar-refractivity contribution in [3.05, 3.63) is 0 Å². The molecule has 0 aliphatic carbocycles. The number of hydrogen-bond donors (Lipinski definition) is 0. The normalized spacial score (nSPS) is 12.4. The van der Waals surface area contributed by atoms with Crippen molar-refractivity contribution in [1.82, 2.24) is 0 Å². The van der Waals surface area contributed by atoms with Crippen molar-refractivity contribution in [2.75, 3.05) is 13.3 Å². The second-order valence-corrected chi connectivity index (χ2v) is 10.8. The van der Waals surface area contributed by atoms with Crippen molar-refractivity contribution in [3.8, 4) is 0 Å². The molecule has 174 valence electrons. The molecule has 0 radical (unpaired) electrons. The van der Waals surface area contributed by atoms with Crippen LogP contribution in [0.1, 0.15) is 136 Å². The summed E-state index contributed by atoms with van der Waals surface area (Å²) in [5.74, 6) is 0. The van der Waals surface area contributed by atoms with Gasteiger partial charge in [0.05, 0.1) is 6.67 Å². The summed E-state index contributed by atoms with van der Waals surface area (Å²) in [5, 5.41) is 1.12. The van der Waals surface area contributed by atoms with E-state index in [1.807, 2.05) is 0 Å². The molecule has 0 aliphatic rings. The standard InChI is InChI=1S/C15H31O.C8H16F.C2H5O.Al/c1-3-4-5-6-7-8-9-10-11-12-13-14-15(2)16;1-2-3-4-5-6-7-8-9;1-2-3;/h15H,3-14H2,1-2H3;1-8H2;2H2,1H3;/q-1;;-1;+2. The van der Waals surface area contributed by atoms with E-state index in [2.05, 4.69) is 20.8 Å². The maximum Gasteiger partial charge on any atom is 0.674 e. The van der Waals surface area contributed by atoms with Crippen molar-refractivity contribution in [3.63, 3.8) is 0 Å². The molecule has 29 heavy (non-hydrogen) atoms. The maximum absolute atomic E-state index is 12.1. The second kappa shape index (κ2) is 24.7. The van der Waals surface area contributed by atoms with Gasteiger partial charge in [-0.25, -0.2) is 0 Å². The first-order valence-corrected chi connectivity index (χ1v) is 14.8. The minimum atomic E-state index is -1.50. The highest BCUT2D eigenvalue weighted by molar-refractivity contribution is 6.44. The van der Waals surface area contributed by atoms with Crippen LogP contribution in [-0.4, -0.2) is 34.2 Å². The summed E-state index contributed by atoms with van der Waals surface area (Å²) >= 11 is -1.50. The Morgan fingerprint density at radius 1 is 0.655 bits per heavy atom. The Kier molecular flexibility index (Phi) is 25.0. The van der Waals surface area contributed by atoms with Crippen LogP contribution in [0.2, 0.25) is 5.28 Å². The molecule has 0 saturated carbocycles. The highest BCUT2D eigenvalue weighted by Gasteiger charge is 2.26. The second-order valence-electron chi connectivity index (χ2n) is 8.75. The molecule has 1 atom stereocenters. The lowest BCUT2D eigenvalue weighted by molar-refractivity contribution is 0.141. The van der Waals surface area contributed by atoms with Gasteiger partial charge in [0.25, 0.3) is 0 Å². The number of hydrogen-bond acceptors (Lipinski definition) is 2. The lowest BCUT2D eigenvalue weighted by Crippen LogP contribution is -2.27. The minimum absolute atomic E-state index is 0.163. The van der Waals surface area contributed by atoms with Crippen LogP contribution in [0.25, 0.3) is 0 Å². The molecular weight excluding hydrogens is 378 g/mol. The molecule has 0 saturated heterocycles. The zero-order chi connectivity index (χ0) is 21.4. The van der Waals surface area contributed by atoms with Gasteiger partial charge in [0.1, 0.15) is 0 Å². The summed E-state index contributed by atoms with van der Waals surface area (Å²) in [6, 6.07) is 0. The molecule has 0 N–H and O–H groups in total. The van der Waals surface area contributed by atoms with Gasteiger partial charge in [0.15, 0.2) is 0 Å². The van der Waals surface area contributed by atoms with Gasteiger partial charge < -0.3 is 7.58 Å². The molecule has 0 aromatic carbocycles. The third-order valence-corrected chi connectivity index (χ3v) is 8.13. The monoisotopic (exact) mass is 430 g/mol. The van der Waals surface area contributed by atoms with Crippen molar-refractivity contribution in [2.24, 2.45) is 0 Å². The van der Waals surface area contributed by atoms with E-state index in [0.29, 0.717) is 6.10 Å². The average Bonchev–Trinajstić information content (AvgIpc) is 2.71. The fourth-order valence-corrected chi connectivity index (χ4v) is 5.94. The number of rotatable bonds is 24. The first-order chi connectivity index (χ1) is 14.2. The summed E-state index contributed by atoms with van der Waals surface area (Å²) in [6.07, 6.45) is 23.5. The summed E-state index contributed by atoms with van der Waals surface area (Å²) in [5.41, 5.74) is 0. The first kappa shape index (κ1) is 29.4. The molecule has 0 amide bonds. The molecule has 0 bridgehead atoms. The fourth-order valence-electron chi connectivity index (χ4n) is 3.91. The quantitative estimate of drug-likeness (QED) is 0.112. The van der Waals surface area contributed by atoms with Gasteiger partial charge in [-0.15, -0.1) is 0 Å². The van der Waals surface area contributed by atoms with Gasteiger partial charge in [-0.3, -0.25) is 4.39 Å². The van der Waals surface area contributed by atoms with Gasteiger partial charge in [0.2, 0.25) is 0 Å². The molecule has 0 rings (SSSR count). The van der Waals surface area contributed by atoms with Gasteiger partial charge in [0, 0.05) is 12.7 Å². The molecule has 0 aromatic rings. The highest BCUT2D eigenvalue weighted by atomic mass is 27.2. The Hall–Kier alpha value is 0.382. The summed E-state index contributed by atoms with van der Waals surface area (Å²) < 4.78 is 24.3. The van der Waals surface area contributed by atoms with E-state index in [1.165, 1.54) is 103 Å². The van der Waals surface area contributed by atoms with Crippen LogP contribution in [0.3, 0.4) is 0 Å². The fraction of sp³-hybridized carbons (Fsp3) is 1.00. The molecule has 0 aromatic heterocycles. The van der Waals surface area contributed by atoms with E-state index < -0.39 is 14.8 Å². The zero-order valence-electron chi connectivity index (χ0n) is 20.2. The van der Waals surface area contributed by atoms with Crippen molar-refractivity contribution < 1.29 is 12.0 Å². The van der Waals surface area contributed by atoms with Crippen LogP contribution in [0.15, 0.2) is 0 Å². The lowest BCUT2D eigenvalue weighted by atomic mass is 10.0. The molecule has 2 nitrogen and oxygen atoms in total. The van der Waals surface area contributed by atoms with E-state index in [4.69, 9.17) is 7.58 Å². The van der Waals surface area contributed by atoms with Gasteiger partial charge in [-0.05, 0) is 32.0 Å². The zero-order valence-corrected chi connectivity index (χ0v) is 21.4. The third-order valence-electron chi connectivity index (χ3n) is 5.77. The van der Waals surface area contributed by atoms with E-state index >= 15 is 0 Å². The largest absolute Gasteiger partial charge is 0.674 e. The summed E-state index contributed by atoms with van der Waals surface area (Å²) in [7, 11) is 0. The molecule has 1 unspecified atom stereocenters. The van der Waals surface area contributed by atoms with Crippen molar-refractivity contribution >= 4 is 14.8 Å². The topological polar surface area (TPSA) is 18.5 Å². The SMILES string of the molecule is CCCCCCCCCCCCCC(C)[O][Al]([CH2]CCCCCCCF)[O]CC. The van der Waals surface area contributed by atoms with E-state index in [-0.39, 0.29) is 6.67 Å². The first-order valence-electron chi connectivity index (χ1n) is 13.1. The predicted octanol–water partition coefficient (Wildman–Crippen LogP) is 8.93.